The molecule has 0 aliphatic heterocycles. The van der Waals surface area contributed by atoms with Crippen LogP contribution < -0.4 is 10.1 Å². The summed E-state index contributed by atoms with van der Waals surface area (Å²) in [6, 6.07) is 19.5. The van der Waals surface area contributed by atoms with E-state index in [2.05, 4.69) is 66.3 Å². The SMILES string of the molecule is CCC(C)c1ccc(C(CC)NC(=O)c2ccc(COc3ccccc3Br)o2)cc1. The van der Waals surface area contributed by atoms with Crippen LogP contribution in [-0.4, -0.2) is 5.91 Å². The summed E-state index contributed by atoms with van der Waals surface area (Å²) < 4.78 is 12.3. The van der Waals surface area contributed by atoms with Crippen LogP contribution in [0.4, 0.5) is 0 Å². The molecule has 0 saturated carbocycles. The minimum absolute atomic E-state index is 0.0615. The van der Waals surface area contributed by atoms with E-state index in [1.807, 2.05) is 24.3 Å². The fourth-order valence-corrected chi connectivity index (χ4v) is 3.63. The number of furan rings is 1. The van der Waals surface area contributed by atoms with E-state index in [1.54, 1.807) is 12.1 Å². The Morgan fingerprint density at radius 2 is 1.70 bits per heavy atom. The van der Waals surface area contributed by atoms with Gasteiger partial charge in [-0.3, -0.25) is 4.79 Å². The number of benzene rings is 2. The van der Waals surface area contributed by atoms with E-state index in [0.29, 0.717) is 11.7 Å². The second kappa shape index (κ2) is 10.5. The number of carbonyl (C=O) groups excluding carboxylic acids is 1. The molecule has 1 aromatic heterocycles. The Hall–Kier alpha value is -2.53. The van der Waals surface area contributed by atoms with Crippen LogP contribution in [0.25, 0.3) is 0 Å². The van der Waals surface area contributed by atoms with Crippen molar-refractivity contribution in [3.05, 3.63) is 87.8 Å². The number of hydrogen-bond donors (Lipinski definition) is 1. The van der Waals surface area contributed by atoms with Gasteiger partial charge in [0.1, 0.15) is 18.1 Å². The van der Waals surface area contributed by atoms with Crippen molar-refractivity contribution in [1.29, 1.82) is 0 Å². The second-order valence-electron chi connectivity index (χ2n) is 7.40. The average molecular weight is 470 g/mol. The van der Waals surface area contributed by atoms with E-state index in [9.17, 15) is 4.79 Å². The first-order chi connectivity index (χ1) is 14.5. The Kier molecular flexibility index (Phi) is 7.75. The molecule has 3 rings (SSSR count). The maximum atomic E-state index is 12.7. The Balaban J connectivity index is 1.61. The number of carbonyl (C=O) groups is 1. The molecule has 1 N–H and O–H groups in total. The molecule has 0 spiro atoms. The number of hydrogen-bond acceptors (Lipinski definition) is 3. The lowest BCUT2D eigenvalue weighted by Gasteiger charge is -2.18. The largest absolute Gasteiger partial charge is 0.484 e. The average Bonchev–Trinajstić information content (AvgIpc) is 3.25. The summed E-state index contributed by atoms with van der Waals surface area (Å²) in [5.74, 6) is 1.93. The van der Waals surface area contributed by atoms with Gasteiger partial charge in [0.15, 0.2) is 5.76 Å². The van der Waals surface area contributed by atoms with Crippen molar-refractivity contribution in [2.45, 2.75) is 52.2 Å². The third kappa shape index (κ3) is 5.54. The molecule has 0 fully saturated rings. The van der Waals surface area contributed by atoms with Crippen molar-refractivity contribution in [2.24, 2.45) is 0 Å². The number of halogens is 1. The van der Waals surface area contributed by atoms with Crippen LogP contribution in [0.15, 0.2) is 69.6 Å². The zero-order valence-electron chi connectivity index (χ0n) is 17.7. The molecule has 158 valence electrons. The van der Waals surface area contributed by atoms with Crippen molar-refractivity contribution in [3.63, 3.8) is 0 Å². The summed E-state index contributed by atoms with van der Waals surface area (Å²) in [4.78, 5) is 12.7. The molecule has 2 atom stereocenters. The van der Waals surface area contributed by atoms with E-state index in [4.69, 9.17) is 9.15 Å². The third-order valence-electron chi connectivity index (χ3n) is 5.33. The summed E-state index contributed by atoms with van der Waals surface area (Å²) in [5, 5.41) is 3.08. The van der Waals surface area contributed by atoms with Gasteiger partial charge in [-0.1, -0.05) is 57.2 Å². The summed E-state index contributed by atoms with van der Waals surface area (Å²) in [6.45, 7) is 6.73. The molecule has 0 aliphatic carbocycles. The molecule has 1 heterocycles. The van der Waals surface area contributed by atoms with Gasteiger partial charge in [0.25, 0.3) is 5.91 Å². The van der Waals surface area contributed by atoms with E-state index >= 15 is 0 Å². The molecule has 2 aromatic carbocycles. The van der Waals surface area contributed by atoms with E-state index in [1.165, 1.54) is 5.56 Å². The molecule has 1 amide bonds. The molecule has 5 heteroatoms. The van der Waals surface area contributed by atoms with Crippen LogP contribution in [0.5, 0.6) is 5.75 Å². The first-order valence-corrected chi connectivity index (χ1v) is 11.2. The molecule has 3 aromatic rings. The molecular weight excluding hydrogens is 442 g/mol. The Morgan fingerprint density at radius 1 is 1.00 bits per heavy atom. The van der Waals surface area contributed by atoms with Crippen molar-refractivity contribution in [3.8, 4) is 5.75 Å². The lowest BCUT2D eigenvalue weighted by atomic mass is 9.95. The minimum atomic E-state index is -0.222. The van der Waals surface area contributed by atoms with Crippen LogP contribution in [0.2, 0.25) is 0 Å². The van der Waals surface area contributed by atoms with E-state index in [0.717, 1.165) is 28.6 Å². The van der Waals surface area contributed by atoms with Crippen LogP contribution in [0.1, 0.15) is 73.0 Å². The molecular formula is C25H28BrNO3. The van der Waals surface area contributed by atoms with Crippen molar-refractivity contribution in [1.82, 2.24) is 5.32 Å². The van der Waals surface area contributed by atoms with Crippen LogP contribution in [0.3, 0.4) is 0 Å². The monoisotopic (exact) mass is 469 g/mol. The smallest absolute Gasteiger partial charge is 0.287 e. The topological polar surface area (TPSA) is 51.5 Å². The van der Waals surface area contributed by atoms with Crippen molar-refractivity contribution < 1.29 is 13.9 Å². The zero-order valence-corrected chi connectivity index (χ0v) is 19.2. The molecule has 0 saturated heterocycles. The van der Waals surface area contributed by atoms with Crippen LogP contribution in [0, 0.1) is 0 Å². The lowest BCUT2D eigenvalue weighted by molar-refractivity contribution is 0.0903. The fourth-order valence-electron chi connectivity index (χ4n) is 3.23. The highest BCUT2D eigenvalue weighted by Gasteiger charge is 2.17. The maximum Gasteiger partial charge on any atom is 0.287 e. The zero-order chi connectivity index (χ0) is 21.5. The van der Waals surface area contributed by atoms with Gasteiger partial charge in [-0.25, -0.2) is 0 Å². The number of rotatable bonds is 9. The number of ether oxygens (including phenoxy) is 1. The molecule has 4 nitrogen and oxygen atoms in total. The summed E-state index contributed by atoms with van der Waals surface area (Å²) >= 11 is 3.45. The minimum Gasteiger partial charge on any atom is -0.484 e. The molecule has 2 unspecified atom stereocenters. The number of nitrogens with one attached hydrogen (secondary N) is 1. The van der Waals surface area contributed by atoms with Gasteiger partial charge in [0.2, 0.25) is 0 Å². The molecule has 0 aliphatic rings. The number of amides is 1. The van der Waals surface area contributed by atoms with Crippen LogP contribution >= 0.6 is 15.9 Å². The number of para-hydroxylation sites is 1. The standard InChI is InChI=1S/C25H28BrNO3/c1-4-17(3)18-10-12-19(13-11-18)22(5-2)27-25(28)24-15-14-20(30-24)16-29-23-9-7-6-8-21(23)26/h6-15,17,22H,4-5,16H2,1-3H3,(H,27,28). The first-order valence-electron chi connectivity index (χ1n) is 10.4. The molecule has 0 radical (unpaired) electrons. The van der Waals surface area contributed by atoms with Gasteiger partial charge in [-0.15, -0.1) is 0 Å². The Bertz CT molecular complexity index is 965. The van der Waals surface area contributed by atoms with Gasteiger partial charge in [-0.2, -0.15) is 0 Å². The van der Waals surface area contributed by atoms with Gasteiger partial charge in [0, 0.05) is 0 Å². The Morgan fingerprint density at radius 3 is 2.37 bits per heavy atom. The first kappa shape index (κ1) is 22.2. The molecule has 30 heavy (non-hydrogen) atoms. The van der Waals surface area contributed by atoms with E-state index < -0.39 is 0 Å². The fraction of sp³-hybridized carbons (Fsp3) is 0.320. The summed E-state index contributed by atoms with van der Waals surface area (Å²) in [5.41, 5.74) is 2.42. The van der Waals surface area contributed by atoms with Crippen molar-refractivity contribution >= 4 is 21.8 Å². The summed E-state index contributed by atoms with van der Waals surface area (Å²) in [7, 11) is 0. The predicted octanol–water partition coefficient (Wildman–Crippen LogP) is 7.02. The van der Waals surface area contributed by atoms with E-state index in [-0.39, 0.29) is 24.3 Å². The third-order valence-corrected chi connectivity index (χ3v) is 5.98. The highest BCUT2D eigenvalue weighted by Crippen LogP contribution is 2.26. The second-order valence-corrected chi connectivity index (χ2v) is 8.25. The van der Waals surface area contributed by atoms with Crippen LogP contribution in [-0.2, 0) is 6.61 Å². The highest BCUT2D eigenvalue weighted by atomic mass is 79.9. The highest BCUT2D eigenvalue weighted by molar-refractivity contribution is 9.10. The Labute approximate surface area is 186 Å². The normalized spacial score (nSPS) is 12.9. The lowest BCUT2D eigenvalue weighted by Crippen LogP contribution is -2.27. The van der Waals surface area contributed by atoms with Gasteiger partial charge in [0.05, 0.1) is 10.5 Å². The van der Waals surface area contributed by atoms with Gasteiger partial charge >= 0.3 is 0 Å². The van der Waals surface area contributed by atoms with Gasteiger partial charge in [-0.05, 0) is 70.1 Å². The predicted molar refractivity (Wildman–Crippen MR) is 123 cm³/mol. The maximum absolute atomic E-state index is 12.7. The van der Waals surface area contributed by atoms with Gasteiger partial charge < -0.3 is 14.5 Å². The summed E-state index contributed by atoms with van der Waals surface area (Å²) in [6.07, 6.45) is 1.91. The van der Waals surface area contributed by atoms with Crippen molar-refractivity contribution in [2.75, 3.05) is 0 Å². The quantitative estimate of drug-likeness (QED) is 0.366. The molecule has 0 bridgehead atoms.